The van der Waals surface area contributed by atoms with Crippen LogP contribution < -0.4 is 0 Å². The van der Waals surface area contributed by atoms with Crippen molar-refractivity contribution in [3.8, 4) is 0 Å². The molecule has 0 fully saturated rings. The fraction of sp³-hybridized carbons (Fsp3) is 0.667. The molecule has 0 heterocycles. The Kier molecular flexibility index (Phi) is 12.3. The lowest BCUT2D eigenvalue weighted by atomic mass is 10.1. The topological polar surface area (TPSA) is 52.6 Å². The van der Waals surface area contributed by atoms with Crippen molar-refractivity contribution in [1.29, 1.82) is 0 Å². The molecule has 1 aromatic carbocycles. The minimum Gasteiger partial charge on any atom is -0.462 e. The van der Waals surface area contributed by atoms with E-state index in [2.05, 4.69) is 20.8 Å². The highest BCUT2D eigenvalue weighted by atomic mass is 16.5. The third-order valence-corrected chi connectivity index (χ3v) is 4.80. The summed E-state index contributed by atoms with van der Waals surface area (Å²) in [7, 11) is 0. The summed E-state index contributed by atoms with van der Waals surface area (Å²) in [5.74, 6) is -0.0945. The van der Waals surface area contributed by atoms with Crippen LogP contribution in [0.3, 0.4) is 0 Å². The number of carbonyl (C=O) groups is 2. The van der Waals surface area contributed by atoms with Gasteiger partial charge in [0.05, 0.1) is 23.8 Å². The van der Waals surface area contributed by atoms with E-state index in [0.29, 0.717) is 23.7 Å². The van der Waals surface area contributed by atoms with Gasteiger partial charge in [-0.15, -0.1) is 0 Å². The van der Waals surface area contributed by atoms with Gasteiger partial charge in [-0.25, -0.2) is 9.59 Å². The molecule has 28 heavy (non-hydrogen) atoms. The average molecular weight is 391 g/mol. The molecular formula is C24H38O4. The lowest BCUT2D eigenvalue weighted by molar-refractivity contribution is 0.0312. The van der Waals surface area contributed by atoms with Crippen molar-refractivity contribution in [1.82, 2.24) is 0 Å². The first-order chi connectivity index (χ1) is 13.4. The summed E-state index contributed by atoms with van der Waals surface area (Å²) < 4.78 is 10.8. The molecule has 0 aliphatic carbocycles. The molecule has 0 aromatic heterocycles. The smallest absolute Gasteiger partial charge is 0.338 e. The van der Waals surface area contributed by atoms with Crippen molar-refractivity contribution in [2.75, 3.05) is 6.61 Å². The standard InChI is InChI=1S/C24H38O4/c1-5-6-7-8-9-10-11-18-27-23(25)21-14-16-22(17-15-21)24(26)28-20(4)13-12-19(2)3/h14-17,19-20H,5-13,18H2,1-4H3. The maximum Gasteiger partial charge on any atom is 0.338 e. The van der Waals surface area contributed by atoms with Gasteiger partial charge >= 0.3 is 11.9 Å². The van der Waals surface area contributed by atoms with Gasteiger partial charge in [-0.1, -0.05) is 59.3 Å². The predicted molar refractivity (Wildman–Crippen MR) is 114 cm³/mol. The molecule has 0 saturated heterocycles. The van der Waals surface area contributed by atoms with E-state index in [1.54, 1.807) is 24.3 Å². The molecule has 1 aromatic rings. The highest BCUT2D eigenvalue weighted by molar-refractivity contribution is 5.93. The monoisotopic (exact) mass is 390 g/mol. The zero-order chi connectivity index (χ0) is 20.8. The molecule has 0 amide bonds. The molecule has 0 bridgehead atoms. The normalized spacial score (nSPS) is 12.0. The van der Waals surface area contributed by atoms with E-state index in [1.165, 1.54) is 32.1 Å². The van der Waals surface area contributed by atoms with Gasteiger partial charge in [0.1, 0.15) is 0 Å². The molecule has 0 spiro atoms. The van der Waals surface area contributed by atoms with E-state index in [-0.39, 0.29) is 18.0 Å². The van der Waals surface area contributed by atoms with Crippen molar-refractivity contribution in [2.45, 2.75) is 91.6 Å². The number of esters is 2. The molecule has 0 N–H and O–H groups in total. The number of benzene rings is 1. The summed E-state index contributed by atoms with van der Waals surface area (Å²) in [6, 6.07) is 6.51. The number of unbranched alkanes of at least 4 members (excludes halogenated alkanes) is 6. The molecule has 1 rings (SSSR count). The molecule has 1 atom stereocenters. The minimum atomic E-state index is -0.348. The summed E-state index contributed by atoms with van der Waals surface area (Å²) in [4.78, 5) is 24.3. The van der Waals surface area contributed by atoms with E-state index >= 15 is 0 Å². The second-order valence-corrected chi connectivity index (χ2v) is 8.02. The third kappa shape index (κ3) is 10.5. The van der Waals surface area contributed by atoms with Gasteiger partial charge in [0, 0.05) is 0 Å². The van der Waals surface area contributed by atoms with Crippen LogP contribution in [0, 0.1) is 5.92 Å². The Bertz CT molecular complexity index is 562. The number of hydrogen-bond acceptors (Lipinski definition) is 4. The van der Waals surface area contributed by atoms with Crippen LogP contribution in [-0.4, -0.2) is 24.6 Å². The summed E-state index contributed by atoms with van der Waals surface area (Å²) in [5.41, 5.74) is 0.923. The minimum absolute atomic E-state index is 0.110. The molecule has 0 radical (unpaired) electrons. The zero-order valence-corrected chi connectivity index (χ0v) is 18.2. The van der Waals surface area contributed by atoms with E-state index in [4.69, 9.17) is 9.47 Å². The van der Waals surface area contributed by atoms with Gasteiger partial charge in [-0.3, -0.25) is 0 Å². The van der Waals surface area contributed by atoms with Crippen LogP contribution >= 0.6 is 0 Å². The number of rotatable bonds is 14. The van der Waals surface area contributed by atoms with Gasteiger partial charge in [0.2, 0.25) is 0 Å². The summed E-state index contributed by atoms with van der Waals surface area (Å²) in [5, 5.41) is 0. The van der Waals surface area contributed by atoms with E-state index in [0.717, 1.165) is 25.7 Å². The Balaban J connectivity index is 2.30. The van der Waals surface area contributed by atoms with Crippen molar-refractivity contribution < 1.29 is 19.1 Å². The van der Waals surface area contributed by atoms with Gasteiger partial charge < -0.3 is 9.47 Å². The van der Waals surface area contributed by atoms with Crippen LogP contribution in [0.1, 0.15) is 106 Å². The molecular weight excluding hydrogens is 352 g/mol. The van der Waals surface area contributed by atoms with E-state index in [9.17, 15) is 9.59 Å². The number of carbonyl (C=O) groups excluding carboxylic acids is 2. The fourth-order valence-corrected chi connectivity index (χ4v) is 2.93. The fourth-order valence-electron chi connectivity index (χ4n) is 2.93. The summed E-state index contributed by atoms with van der Waals surface area (Å²) in [6.45, 7) is 8.88. The lowest BCUT2D eigenvalue weighted by Crippen LogP contribution is -2.16. The Morgan fingerprint density at radius 3 is 1.89 bits per heavy atom. The Morgan fingerprint density at radius 1 is 0.786 bits per heavy atom. The first kappa shape index (κ1) is 24.2. The van der Waals surface area contributed by atoms with Gasteiger partial charge in [0.25, 0.3) is 0 Å². The average Bonchev–Trinajstić information content (AvgIpc) is 2.68. The van der Waals surface area contributed by atoms with Crippen LogP contribution in [0.4, 0.5) is 0 Å². The van der Waals surface area contributed by atoms with Crippen LogP contribution in [0.2, 0.25) is 0 Å². The van der Waals surface area contributed by atoms with Crippen molar-refractivity contribution >= 4 is 11.9 Å². The highest BCUT2D eigenvalue weighted by Crippen LogP contribution is 2.13. The van der Waals surface area contributed by atoms with E-state index < -0.39 is 0 Å². The van der Waals surface area contributed by atoms with Gasteiger partial charge in [-0.2, -0.15) is 0 Å². The molecule has 158 valence electrons. The highest BCUT2D eigenvalue weighted by Gasteiger charge is 2.14. The maximum absolute atomic E-state index is 12.2. The number of hydrogen-bond donors (Lipinski definition) is 0. The summed E-state index contributed by atoms with van der Waals surface area (Å²) >= 11 is 0. The van der Waals surface area contributed by atoms with Crippen molar-refractivity contribution in [2.24, 2.45) is 5.92 Å². The molecule has 0 aliphatic rings. The van der Waals surface area contributed by atoms with Gasteiger partial charge in [0.15, 0.2) is 0 Å². The zero-order valence-electron chi connectivity index (χ0n) is 18.2. The Hall–Kier alpha value is -1.84. The Labute approximate surface area is 171 Å². The predicted octanol–water partition coefficient (Wildman–Crippen LogP) is 6.58. The maximum atomic E-state index is 12.2. The van der Waals surface area contributed by atoms with Crippen LogP contribution in [0.5, 0.6) is 0 Å². The van der Waals surface area contributed by atoms with Crippen molar-refractivity contribution in [3.05, 3.63) is 35.4 Å². The second-order valence-electron chi connectivity index (χ2n) is 8.02. The SMILES string of the molecule is CCCCCCCCCOC(=O)c1ccc(C(=O)OC(C)CCC(C)C)cc1. The van der Waals surface area contributed by atoms with E-state index in [1.807, 2.05) is 6.92 Å². The lowest BCUT2D eigenvalue weighted by Gasteiger charge is -2.14. The van der Waals surface area contributed by atoms with Gasteiger partial charge in [-0.05, 0) is 56.4 Å². The van der Waals surface area contributed by atoms with Crippen LogP contribution in [0.25, 0.3) is 0 Å². The molecule has 4 nitrogen and oxygen atoms in total. The second kappa shape index (κ2) is 14.2. The summed E-state index contributed by atoms with van der Waals surface area (Å²) in [6.07, 6.45) is 10.1. The quantitative estimate of drug-likeness (QED) is 0.266. The van der Waals surface area contributed by atoms with Crippen LogP contribution in [-0.2, 0) is 9.47 Å². The van der Waals surface area contributed by atoms with Crippen LogP contribution in [0.15, 0.2) is 24.3 Å². The molecule has 0 aliphatic heterocycles. The molecule has 4 heteroatoms. The van der Waals surface area contributed by atoms with Crippen molar-refractivity contribution in [3.63, 3.8) is 0 Å². The first-order valence-electron chi connectivity index (χ1n) is 10.9. The molecule has 1 unspecified atom stereocenters. The Morgan fingerprint density at radius 2 is 1.32 bits per heavy atom. The first-order valence-corrected chi connectivity index (χ1v) is 10.9. The largest absolute Gasteiger partial charge is 0.462 e. The molecule has 0 saturated carbocycles. The number of ether oxygens (including phenoxy) is 2. The third-order valence-electron chi connectivity index (χ3n) is 4.80.